The fourth-order valence-corrected chi connectivity index (χ4v) is 3.13. The number of carbonyl (C=O) groups excluding carboxylic acids is 1. The number of fused-ring (bicyclic) bond motifs is 1. The van der Waals surface area contributed by atoms with Crippen molar-refractivity contribution in [2.45, 2.75) is 31.8 Å². The lowest BCUT2D eigenvalue weighted by Crippen LogP contribution is -2.41. The Labute approximate surface area is 131 Å². The third-order valence-electron chi connectivity index (χ3n) is 4.09. The summed E-state index contributed by atoms with van der Waals surface area (Å²) < 4.78 is 5.09. The van der Waals surface area contributed by atoms with Crippen LogP contribution in [0, 0.1) is 0 Å². The van der Waals surface area contributed by atoms with E-state index in [1.807, 2.05) is 13.0 Å². The zero-order chi connectivity index (χ0) is 15.4. The zero-order valence-corrected chi connectivity index (χ0v) is 12.8. The summed E-state index contributed by atoms with van der Waals surface area (Å²) in [5.74, 6) is -0.133. The van der Waals surface area contributed by atoms with E-state index < -0.39 is 0 Å². The molecule has 0 radical (unpaired) electrons. The minimum atomic E-state index is -0.133. The highest BCUT2D eigenvalue weighted by Crippen LogP contribution is 2.31. The molecule has 0 amide bonds. The summed E-state index contributed by atoms with van der Waals surface area (Å²) in [5, 5.41) is 3.61. The lowest BCUT2D eigenvalue weighted by atomic mass is 9.86. The van der Waals surface area contributed by atoms with Crippen molar-refractivity contribution in [2.75, 3.05) is 6.61 Å². The van der Waals surface area contributed by atoms with Gasteiger partial charge in [-0.3, -0.25) is 4.79 Å². The van der Waals surface area contributed by atoms with Gasteiger partial charge in [0.25, 0.3) is 0 Å². The van der Waals surface area contributed by atoms with E-state index in [1.165, 1.54) is 16.7 Å². The maximum absolute atomic E-state index is 11.8. The van der Waals surface area contributed by atoms with Crippen LogP contribution in [0.5, 0.6) is 0 Å². The summed E-state index contributed by atoms with van der Waals surface area (Å²) in [6, 6.07) is 19.1. The maximum Gasteiger partial charge on any atom is 0.307 e. The first-order valence-electron chi connectivity index (χ1n) is 7.82. The Morgan fingerprint density at radius 3 is 2.64 bits per heavy atom. The molecule has 3 nitrogen and oxygen atoms in total. The number of hydrogen-bond acceptors (Lipinski definition) is 3. The van der Waals surface area contributed by atoms with Gasteiger partial charge < -0.3 is 10.1 Å². The summed E-state index contributed by atoms with van der Waals surface area (Å²) in [6.45, 7) is 2.28. The second-order valence-corrected chi connectivity index (χ2v) is 5.62. The Morgan fingerprint density at radius 2 is 1.86 bits per heavy atom. The van der Waals surface area contributed by atoms with E-state index in [4.69, 9.17) is 4.74 Å². The molecule has 1 aliphatic heterocycles. The normalized spacial score (nSPS) is 20.2. The fourth-order valence-electron chi connectivity index (χ4n) is 3.13. The zero-order valence-electron chi connectivity index (χ0n) is 12.8. The molecular formula is C19H21NO2. The number of esters is 1. The molecule has 0 unspecified atom stereocenters. The van der Waals surface area contributed by atoms with Crippen LogP contribution < -0.4 is 5.32 Å². The highest BCUT2D eigenvalue weighted by atomic mass is 16.5. The van der Waals surface area contributed by atoms with Crippen LogP contribution in [-0.2, 0) is 16.0 Å². The minimum Gasteiger partial charge on any atom is -0.466 e. The predicted molar refractivity (Wildman–Crippen MR) is 86.6 cm³/mol. The number of nitrogens with one attached hydrogen (secondary N) is 1. The molecule has 3 heteroatoms. The Hall–Kier alpha value is -2.13. The van der Waals surface area contributed by atoms with Gasteiger partial charge in [0.1, 0.15) is 0 Å². The predicted octanol–water partition coefficient (Wildman–Crippen LogP) is 3.24. The molecule has 1 N–H and O–H groups in total. The third-order valence-corrected chi connectivity index (χ3v) is 4.09. The highest BCUT2D eigenvalue weighted by Gasteiger charge is 2.28. The van der Waals surface area contributed by atoms with E-state index in [2.05, 4.69) is 53.8 Å². The number of hydrogen-bond donors (Lipinski definition) is 1. The largest absolute Gasteiger partial charge is 0.466 e. The molecule has 2 atom stereocenters. The van der Waals surface area contributed by atoms with Gasteiger partial charge in [0.2, 0.25) is 0 Å². The number of benzene rings is 2. The molecule has 2 aromatic carbocycles. The van der Waals surface area contributed by atoms with Crippen LogP contribution in [-0.4, -0.2) is 18.6 Å². The van der Waals surface area contributed by atoms with Crippen molar-refractivity contribution in [2.24, 2.45) is 0 Å². The molecule has 114 valence electrons. The molecule has 0 bridgehead atoms. The van der Waals surface area contributed by atoms with E-state index in [0.717, 1.165) is 6.42 Å². The lowest BCUT2D eigenvalue weighted by Gasteiger charge is -2.33. The van der Waals surface area contributed by atoms with Gasteiger partial charge in [0.15, 0.2) is 0 Å². The fraction of sp³-hybridized carbons (Fsp3) is 0.316. The van der Waals surface area contributed by atoms with Gasteiger partial charge in [0.05, 0.1) is 19.1 Å². The molecule has 2 aromatic rings. The first kappa shape index (κ1) is 14.8. The van der Waals surface area contributed by atoms with Gasteiger partial charge in [-0.25, -0.2) is 0 Å². The van der Waals surface area contributed by atoms with Crippen LogP contribution in [0.3, 0.4) is 0 Å². The van der Waals surface area contributed by atoms with E-state index >= 15 is 0 Å². The average Bonchev–Trinajstić information content (AvgIpc) is 2.55. The van der Waals surface area contributed by atoms with Crippen molar-refractivity contribution >= 4 is 5.97 Å². The van der Waals surface area contributed by atoms with Crippen molar-refractivity contribution in [1.82, 2.24) is 5.32 Å². The van der Waals surface area contributed by atoms with Gasteiger partial charge in [0, 0.05) is 6.04 Å². The van der Waals surface area contributed by atoms with E-state index in [-0.39, 0.29) is 18.1 Å². The quantitative estimate of drug-likeness (QED) is 0.880. The van der Waals surface area contributed by atoms with Crippen molar-refractivity contribution in [3.8, 4) is 0 Å². The topological polar surface area (TPSA) is 38.3 Å². The second-order valence-electron chi connectivity index (χ2n) is 5.62. The molecule has 1 heterocycles. The van der Waals surface area contributed by atoms with Crippen LogP contribution in [0.1, 0.15) is 36.1 Å². The molecule has 0 fully saturated rings. The van der Waals surface area contributed by atoms with Gasteiger partial charge in [-0.2, -0.15) is 0 Å². The average molecular weight is 295 g/mol. The molecule has 0 aromatic heterocycles. The molecule has 0 spiro atoms. The van der Waals surface area contributed by atoms with Crippen LogP contribution in [0.15, 0.2) is 54.6 Å². The number of carbonyl (C=O) groups is 1. The first-order chi connectivity index (χ1) is 10.8. The Kier molecular flexibility index (Phi) is 4.54. The van der Waals surface area contributed by atoms with Crippen LogP contribution in [0.25, 0.3) is 0 Å². The van der Waals surface area contributed by atoms with Gasteiger partial charge >= 0.3 is 5.97 Å². The molecule has 3 rings (SSSR count). The minimum absolute atomic E-state index is 0.110. The third kappa shape index (κ3) is 3.20. The summed E-state index contributed by atoms with van der Waals surface area (Å²) in [5.41, 5.74) is 3.83. The summed E-state index contributed by atoms with van der Waals surface area (Å²) >= 11 is 0. The Bertz CT molecular complexity index is 639. The van der Waals surface area contributed by atoms with Crippen LogP contribution >= 0.6 is 0 Å². The van der Waals surface area contributed by atoms with E-state index in [1.54, 1.807) is 0 Å². The van der Waals surface area contributed by atoms with Gasteiger partial charge in [-0.05, 0) is 30.0 Å². The summed E-state index contributed by atoms with van der Waals surface area (Å²) in [4.78, 5) is 11.8. The molecular weight excluding hydrogens is 274 g/mol. The number of rotatable bonds is 4. The van der Waals surface area contributed by atoms with Gasteiger partial charge in [-0.1, -0.05) is 54.6 Å². The maximum atomic E-state index is 11.8. The van der Waals surface area contributed by atoms with Crippen LogP contribution in [0.2, 0.25) is 0 Å². The lowest BCUT2D eigenvalue weighted by molar-refractivity contribution is -0.143. The van der Waals surface area contributed by atoms with Crippen molar-refractivity contribution in [3.05, 3.63) is 71.3 Å². The Balaban J connectivity index is 1.87. The molecule has 1 aliphatic rings. The van der Waals surface area contributed by atoms with E-state index in [9.17, 15) is 4.79 Å². The molecule has 22 heavy (non-hydrogen) atoms. The monoisotopic (exact) mass is 295 g/mol. The van der Waals surface area contributed by atoms with Crippen molar-refractivity contribution in [1.29, 1.82) is 0 Å². The van der Waals surface area contributed by atoms with E-state index in [0.29, 0.717) is 13.0 Å². The highest BCUT2D eigenvalue weighted by molar-refractivity contribution is 5.70. The molecule has 0 aliphatic carbocycles. The van der Waals surface area contributed by atoms with Crippen LogP contribution in [0.4, 0.5) is 0 Å². The smallest absolute Gasteiger partial charge is 0.307 e. The molecule has 0 saturated carbocycles. The van der Waals surface area contributed by atoms with Crippen molar-refractivity contribution < 1.29 is 9.53 Å². The molecule has 0 saturated heterocycles. The van der Waals surface area contributed by atoms with Crippen molar-refractivity contribution in [3.63, 3.8) is 0 Å². The summed E-state index contributed by atoms with van der Waals surface area (Å²) in [7, 11) is 0. The second kappa shape index (κ2) is 6.75. The summed E-state index contributed by atoms with van der Waals surface area (Å²) in [6.07, 6.45) is 1.27. The standard InChI is InChI=1S/C19H21NO2/c1-2-22-18(21)13-16-12-15-10-6-7-11-17(15)19(20-16)14-8-4-3-5-9-14/h3-11,16,19-20H,2,12-13H2,1H3/t16-,19-/m0/s1. The van der Waals surface area contributed by atoms with Gasteiger partial charge in [-0.15, -0.1) is 0 Å². The Morgan fingerprint density at radius 1 is 1.14 bits per heavy atom. The first-order valence-corrected chi connectivity index (χ1v) is 7.82. The SMILES string of the molecule is CCOC(=O)C[C@@H]1Cc2ccccc2[C@H](c2ccccc2)N1. The number of ether oxygens (including phenoxy) is 1.